The summed E-state index contributed by atoms with van der Waals surface area (Å²) < 4.78 is 0. The molecule has 0 bridgehead atoms. The van der Waals surface area contributed by atoms with Gasteiger partial charge in [0.2, 0.25) is 5.95 Å². The molecule has 1 aliphatic rings. The molecule has 34 heavy (non-hydrogen) atoms. The highest BCUT2D eigenvalue weighted by atomic mass is 16.1. The number of nitrogens with zero attached hydrogens (tertiary/aromatic N) is 4. The third-order valence-corrected chi connectivity index (χ3v) is 5.60. The number of amides is 1. The first-order valence-corrected chi connectivity index (χ1v) is 11.6. The van der Waals surface area contributed by atoms with Crippen molar-refractivity contribution >= 4 is 18.1 Å². The van der Waals surface area contributed by atoms with Crippen molar-refractivity contribution in [3.05, 3.63) is 53.5 Å². The number of carbonyl (C=O) groups excluding carboxylic acids is 1. The Morgan fingerprint density at radius 3 is 2.74 bits per heavy atom. The quantitative estimate of drug-likeness (QED) is 0.422. The van der Waals surface area contributed by atoms with E-state index in [2.05, 4.69) is 37.0 Å². The highest BCUT2D eigenvalue weighted by Gasteiger charge is 2.14. The maximum absolute atomic E-state index is 12.5. The van der Waals surface area contributed by atoms with Gasteiger partial charge in [0.1, 0.15) is 6.04 Å². The Bertz CT molecular complexity index is 1070. The van der Waals surface area contributed by atoms with Gasteiger partial charge in [0, 0.05) is 29.7 Å². The maximum atomic E-state index is 12.5. The number of piperidine rings is 1. The lowest BCUT2D eigenvalue weighted by molar-refractivity contribution is 0.0944. The maximum Gasteiger partial charge on any atom is 0.252 e. The molecule has 178 valence electrons. The highest BCUT2D eigenvalue weighted by molar-refractivity contribution is 5.95. The number of allylic oxidation sites excluding steroid dienone is 1. The molecule has 1 amide bonds. The molecule has 0 unspecified atom stereocenters. The molecule has 1 atom stereocenters. The lowest BCUT2D eigenvalue weighted by atomic mass is 10.1. The van der Waals surface area contributed by atoms with Crippen molar-refractivity contribution in [2.75, 3.05) is 18.4 Å². The number of aromatic nitrogens is 2. The third-order valence-electron chi connectivity index (χ3n) is 5.60. The number of nitrogens with two attached hydrogens (primary N) is 1. The molecule has 1 saturated heterocycles. The van der Waals surface area contributed by atoms with E-state index in [-0.39, 0.29) is 11.9 Å². The minimum atomic E-state index is -0.488. The first-order valence-electron chi connectivity index (χ1n) is 11.6. The molecule has 1 aromatic carbocycles. The van der Waals surface area contributed by atoms with Gasteiger partial charge in [0.05, 0.1) is 23.5 Å². The number of nitriles is 1. The normalized spacial score (nSPS) is 15.6. The Morgan fingerprint density at radius 2 is 2.09 bits per heavy atom. The zero-order chi connectivity index (χ0) is 24.3. The van der Waals surface area contributed by atoms with Gasteiger partial charge in [0.15, 0.2) is 0 Å². The Hall–Kier alpha value is -3.77. The van der Waals surface area contributed by atoms with Crippen LogP contribution < -0.4 is 21.7 Å². The van der Waals surface area contributed by atoms with E-state index in [1.54, 1.807) is 24.5 Å². The summed E-state index contributed by atoms with van der Waals surface area (Å²) in [5.74, 6) is 0.145. The van der Waals surface area contributed by atoms with Crippen molar-refractivity contribution in [3.8, 4) is 17.3 Å². The van der Waals surface area contributed by atoms with Crippen molar-refractivity contribution in [1.82, 2.24) is 20.6 Å². The second-order valence-electron chi connectivity index (χ2n) is 8.25. The van der Waals surface area contributed by atoms with E-state index >= 15 is 0 Å². The van der Waals surface area contributed by atoms with Gasteiger partial charge < -0.3 is 21.7 Å². The fourth-order valence-corrected chi connectivity index (χ4v) is 3.66. The number of hydrogen-bond donors (Lipinski definition) is 4. The van der Waals surface area contributed by atoms with Crippen LogP contribution in [0.15, 0.2) is 47.4 Å². The smallest absolute Gasteiger partial charge is 0.252 e. The molecule has 9 nitrogen and oxygen atoms in total. The van der Waals surface area contributed by atoms with Crippen LogP contribution >= 0.6 is 0 Å². The molecule has 2 aromatic rings. The molecule has 0 saturated carbocycles. The summed E-state index contributed by atoms with van der Waals surface area (Å²) in [6.45, 7) is 5.85. The Morgan fingerprint density at radius 1 is 1.35 bits per heavy atom. The number of aliphatic imine (C=N–C) groups is 1. The predicted molar refractivity (Wildman–Crippen MR) is 134 cm³/mol. The van der Waals surface area contributed by atoms with E-state index in [9.17, 15) is 10.1 Å². The molecule has 2 heterocycles. The molecule has 0 radical (unpaired) electrons. The van der Waals surface area contributed by atoms with Gasteiger partial charge in [0.25, 0.3) is 5.91 Å². The van der Waals surface area contributed by atoms with Gasteiger partial charge in [-0.15, -0.1) is 0 Å². The van der Waals surface area contributed by atoms with E-state index in [0.29, 0.717) is 23.6 Å². The van der Waals surface area contributed by atoms with Crippen LogP contribution in [-0.4, -0.2) is 47.3 Å². The average molecular weight is 461 g/mol. The summed E-state index contributed by atoms with van der Waals surface area (Å²) >= 11 is 0. The largest absolute Gasteiger partial charge is 0.403 e. The summed E-state index contributed by atoms with van der Waals surface area (Å²) in [6, 6.07) is 9.07. The topological polar surface area (TPSA) is 141 Å². The number of carbonyl (C=O) groups is 1. The number of anilines is 1. The van der Waals surface area contributed by atoms with Crippen molar-refractivity contribution in [2.24, 2.45) is 10.7 Å². The predicted octanol–water partition coefficient (Wildman–Crippen LogP) is 2.91. The van der Waals surface area contributed by atoms with Crippen LogP contribution in [-0.2, 0) is 0 Å². The molecule has 3 rings (SSSR count). The van der Waals surface area contributed by atoms with Crippen molar-refractivity contribution in [1.29, 1.82) is 5.26 Å². The third kappa shape index (κ3) is 6.86. The summed E-state index contributed by atoms with van der Waals surface area (Å²) in [5.41, 5.74) is 9.40. The molecule has 1 aromatic heterocycles. The summed E-state index contributed by atoms with van der Waals surface area (Å²) in [6.07, 6.45) is 8.38. The van der Waals surface area contributed by atoms with Crippen LogP contribution in [0.2, 0.25) is 0 Å². The van der Waals surface area contributed by atoms with Crippen LogP contribution in [0, 0.1) is 18.3 Å². The standard InChI is InChI=1S/C25H32N8O/c1-3-4-21(13-26)31-24(34)19-7-5-18(6-8-19)23-17(2)15-30-25(33-23)32-22(14-27)16-29-20-9-11-28-12-10-20/h5-8,14-16,20-21,28H,3-4,9-12,27H2,1-2H3,(H,31,34)(H,30,32,33)/t21-/m0/s1. The highest BCUT2D eigenvalue weighted by Crippen LogP contribution is 2.23. The molecule has 9 heteroatoms. The first-order chi connectivity index (χ1) is 16.5. The van der Waals surface area contributed by atoms with Crippen molar-refractivity contribution in [3.63, 3.8) is 0 Å². The summed E-state index contributed by atoms with van der Waals surface area (Å²) in [7, 11) is 0. The number of benzene rings is 1. The Kier molecular flexibility index (Phi) is 9.12. The zero-order valence-corrected chi connectivity index (χ0v) is 19.7. The minimum Gasteiger partial charge on any atom is -0.403 e. The van der Waals surface area contributed by atoms with E-state index in [0.717, 1.165) is 49.2 Å². The first kappa shape index (κ1) is 24.9. The molecule has 0 aliphatic carbocycles. The molecular formula is C25H32N8O. The van der Waals surface area contributed by atoms with E-state index in [1.165, 1.54) is 6.20 Å². The van der Waals surface area contributed by atoms with E-state index in [1.807, 2.05) is 26.0 Å². The van der Waals surface area contributed by atoms with Crippen LogP contribution in [0.3, 0.4) is 0 Å². The molecule has 1 aliphatic heterocycles. The Labute approximate surface area is 200 Å². The monoisotopic (exact) mass is 460 g/mol. The summed E-state index contributed by atoms with van der Waals surface area (Å²) in [5, 5.41) is 18.4. The lowest BCUT2D eigenvalue weighted by Gasteiger charge is -2.18. The van der Waals surface area contributed by atoms with Gasteiger partial charge in [-0.2, -0.15) is 5.26 Å². The molecule has 1 fully saturated rings. The SMILES string of the molecule is CCC[C@@H](C#N)NC(=O)c1ccc(-c2nc(NC(C=NC3CCNCC3)=CN)ncc2C)cc1. The number of aryl methyl sites for hydroxylation is 1. The van der Waals surface area contributed by atoms with E-state index < -0.39 is 6.04 Å². The molecular weight excluding hydrogens is 428 g/mol. The summed E-state index contributed by atoms with van der Waals surface area (Å²) in [4.78, 5) is 26.1. The molecule has 5 N–H and O–H groups in total. The van der Waals surface area contributed by atoms with Gasteiger partial charge in [-0.3, -0.25) is 9.79 Å². The van der Waals surface area contributed by atoms with Crippen LogP contribution in [0.1, 0.15) is 48.5 Å². The zero-order valence-electron chi connectivity index (χ0n) is 19.7. The van der Waals surface area contributed by atoms with Crippen LogP contribution in [0.4, 0.5) is 5.95 Å². The van der Waals surface area contributed by atoms with Crippen LogP contribution in [0.25, 0.3) is 11.3 Å². The number of hydrogen-bond acceptors (Lipinski definition) is 8. The lowest BCUT2D eigenvalue weighted by Crippen LogP contribution is -2.33. The van der Waals surface area contributed by atoms with Crippen LogP contribution in [0.5, 0.6) is 0 Å². The fraction of sp³-hybridized carbons (Fsp3) is 0.400. The minimum absolute atomic E-state index is 0.265. The van der Waals surface area contributed by atoms with Crippen molar-refractivity contribution in [2.45, 2.75) is 51.6 Å². The fourth-order valence-electron chi connectivity index (χ4n) is 3.66. The number of nitrogens with one attached hydrogen (secondary N) is 3. The second kappa shape index (κ2) is 12.5. The molecule has 0 spiro atoms. The van der Waals surface area contributed by atoms with Crippen molar-refractivity contribution < 1.29 is 4.79 Å². The van der Waals surface area contributed by atoms with Gasteiger partial charge in [-0.1, -0.05) is 25.5 Å². The van der Waals surface area contributed by atoms with E-state index in [4.69, 9.17) is 5.73 Å². The Balaban J connectivity index is 1.71. The van der Waals surface area contributed by atoms with Gasteiger partial charge in [-0.25, -0.2) is 9.97 Å². The average Bonchev–Trinajstić information content (AvgIpc) is 2.87. The van der Waals surface area contributed by atoms with Gasteiger partial charge >= 0.3 is 0 Å². The second-order valence-corrected chi connectivity index (χ2v) is 8.25. The number of rotatable bonds is 9. The van der Waals surface area contributed by atoms with Gasteiger partial charge in [-0.05, 0) is 57.0 Å².